The monoisotopic (exact) mass is 467 g/mol. The van der Waals surface area contributed by atoms with Crippen LogP contribution in [-0.2, 0) is 14.3 Å². The molecule has 4 rings (SSSR count). The molecule has 2 aliphatic rings. The van der Waals surface area contributed by atoms with Crippen LogP contribution in [0, 0.1) is 0 Å². The number of carbonyl (C=O) groups is 2. The topological polar surface area (TPSA) is 70.7 Å². The zero-order valence-corrected chi connectivity index (χ0v) is 20.1. The lowest BCUT2D eigenvalue weighted by Gasteiger charge is -2.39. The Kier molecular flexibility index (Phi) is 7.33. The van der Waals surface area contributed by atoms with Crippen molar-refractivity contribution >= 4 is 11.8 Å². The Morgan fingerprint density at radius 2 is 1.68 bits per heavy atom. The Labute approximate surface area is 200 Å². The van der Waals surface area contributed by atoms with Gasteiger partial charge in [-0.2, -0.15) is 0 Å². The van der Waals surface area contributed by atoms with Gasteiger partial charge in [0.25, 0.3) is 0 Å². The number of nitrogens with zero attached hydrogens (tertiary/aromatic N) is 1. The van der Waals surface area contributed by atoms with Gasteiger partial charge in [-0.1, -0.05) is 68.4 Å². The average molecular weight is 468 g/mol. The number of rotatable bonds is 8. The zero-order chi connectivity index (χ0) is 24.3. The molecule has 0 saturated carbocycles. The first-order valence-electron chi connectivity index (χ1n) is 12.0. The van der Waals surface area contributed by atoms with E-state index in [2.05, 4.69) is 36.6 Å². The van der Waals surface area contributed by atoms with Crippen LogP contribution in [0.15, 0.2) is 54.6 Å². The number of benzene rings is 2. The van der Waals surface area contributed by atoms with Crippen molar-refractivity contribution in [3.05, 3.63) is 71.3 Å². The maximum Gasteiger partial charge on any atom is 0.243 e. The average Bonchev–Trinajstić information content (AvgIpc) is 3.22. The van der Waals surface area contributed by atoms with Gasteiger partial charge in [0.1, 0.15) is 12.2 Å². The standard InChI is InChI=1S/C27H34FN3O3/c1-18(2)19-9-11-21(12-10-19)25(20-7-5-4-6-8-20)30-26(33)23-13-22(28)15-31(23)24(32)14-29-27(3)16-34-17-27/h4-12,18,22-23,25,29H,13-17H2,1-3H3,(H,30,33)/t22-,23+,25+/m1/s1. The van der Waals surface area contributed by atoms with E-state index >= 15 is 0 Å². The molecule has 0 aliphatic carbocycles. The van der Waals surface area contributed by atoms with Crippen LogP contribution in [-0.4, -0.2) is 60.8 Å². The van der Waals surface area contributed by atoms with E-state index in [4.69, 9.17) is 4.74 Å². The molecule has 2 aromatic rings. The van der Waals surface area contributed by atoms with Gasteiger partial charge in [-0.25, -0.2) is 4.39 Å². The summed E-state index contributed by atoms with van der Waals surface area (Å²) in [5.41, 5.74) is 2.84. The van der Waals surface area contributed by atoms with Crippen LogP contribution in [0.4, 0.5) is 4.39 Å². The first kappa shape index (κ1) is 24.4. The molecular weight excluding hydrogens is 433 g/mol. The van der Waals surface area contributed by atoms with E-state index in [9.17, 15) is 14.0 Å². The lowest BCUT2D eigenvalue weighted by atomic mass is 9.95. The maximum absolute atomic E-state index is 14.4. The van der Waals surface area contributed by atoms with Gasteiger partial charge in [0, 0.05) is 6.42 Å². The molecule has 0 bridgehead atoms. The van der Waals surface area contributed by atoms with Crippen molar-refractivity contribution in [3.63, 3.8) is 0 Å². The van der Waals surface area contributed by atoms with Crippen molar-refractivity contribution < 1.29 is 18.7 Å². The molecule has 0 spiro atoms. The maximum atomic E-state index is 14.4. The molecule has 2 aromatic carbocycles. The predicted molar refractivity (Wildman–Crippen MR) is 129 cm³/mol. The largest absolute Gasteiger partial charge is 0.377 e. The van der Waals surface area contributed by atoms with E-state index < -0.39 is 18.3 Å². The van der Waals surface area contributed by atoms with Crippen molar-refractivity contribution in [2.45, 2.75) is 56.9 Å². The van der Waals surface area contributed by atoms with Crippen LogP contribution < -0.4 is 10.6 Å². The number of hydrogen-bond acceptors (Lipinski definition) is 4. The summed E-state index contributed by atoms with van der Waals surface area (Å²) in [5.74, 6) is -0.208. The van der Waals surface area contributed by atoms with Crippen molar-refractivity contribution in [1.29, 1.82) is 0 Å². The Morgan fingerprint density at radius 3 is 2.26 bits per heavy atom. The molecule has 2 N–H and O–H groups in total. The van der Waals surface area contributed by atoms with E-state index in [1.807, 2.05) is 49.4 Å². The quantitative estimate of drug-likeness (QED) is 0.625. The normalized spacial score (nSPS) is 22.3. The number of nitrogens with one attached hydrogen (secondary N) is 2. The fourth-order valence-corrected chi connectivity index (χ4v) is 4.53. The summed E-state index contributed by atoms with van der Waals surface area (Å²) in [6, 6.07) is 16.7. The minimum Gasteiger partial charge on any atom is -0.377 e. The van der Waals surface area contributed by atoms with Gasteiger partial charge in [0.15, 0.2) is 0 Å². The molecule has 2 heterocycles. The number of likely N-dealkylation sites (tertiary alicyclic amines) is 1. The third-order valence-electron chi connectivity index (χ3n) is 6.74. The van der Waals surface area contributed by atoms with Crippen LogP contribution in [0.25, 0.3) is 0 Å². The SMILES string of the molecule is CC(C)c1ccc([C@@H](NC(=O)[C@@H]2C[C@@H](F)CN2C(=O)CNC2(C)COC2)c2ccccc2)cc1. The van der Waals surface area contributed by atoms with Crippen molar-refractivity contribution in [1.82, 2.24) is 15.5 Å². The lowest BCUT2D eigenvalue weighted by molar-refractivity contribution is -0.139. The molecule has 0 radical (unpaired) electrons. The Bertz CT molecular complexity index is 992. The number of amides is 2. The highest BCUT2D eigenvalue weighted by Gasteiger charge is 2.41. The fraction of sp³-hybridized carbons (Fsp3) is 0.481. The smallest absolute Gasteiger partial charge is 0.243 e. The summed E-state index contributed by atoms with van der Waals surface area (Å²) in [7, 11) is 0. The molecular formula is C27H34FN3O3. The third-order valence-corrected chi connectivity index (χ3v) is 6.74. The molecule has 3 atom stereocenters. The lowest BCUT2D eigenvalue weighted by Crippen LogP contribution is -2.60. The molecule has 182 valence electrons. The molecule has 7 heteroatoms. The van der Waals surface area contributed by atoms with Crippen LogP contribution in [0.3, 0.4) is 0 Å². The molecule has 2 amide bonds. The van der Waals surface area contributed by atoms with E-state index in [0.717, 1.165) is 11.1 Å². The zero-order valence-electron chi connectivity index (χ0n) is 20.1. The number of halogens is 1. The number of hydrogen-bond donors (Lipinski definition) is 2. The van der Waals surface area contributed by atoms with Crippen LogP contribution in [0.2, 0.25) is 0 Å². The van der Waals surface area contributed by atoms with Gasteiger partial charge in [0.05, 0.1) is 37.9 Å². The van der Waals surface area contributed by atoms with E-state index in [1.54, 1.807) is 0 Å². The molecule has 6 nitrogen and oxygen atoms in total. The minimum absolute atomic E-state index is 0.00570. The Balaban J connectivity index is 1.50. The molecule has 34 heavy (non-hydrogen) atoms. The van der Waals surface area contributed by atoms with Crippen molar-refractivity contribution in [2.75, 3.05) is 26.3 Å². The Morgan fingerprint density at radius 1 is 1.06 bits per heavy atom. The second-order valence-corrected chi connectivity index (χ2v) is 9.98. The van der Waals surface area contributed by atoms with Gasteiger partial charge in [-0.05, 0) is 29.5 Å². The highest BCUT2D eigenvalue weighted by Crippen LogP contribution is 2.27. The molecule has 2 fully saturated rings. The van der Waals surface area contributed by atoms with Crippen LogP contribution >= 0.6 is 0 Å². The minimum atomic E-state index is -1.22. The third kappa shape index (κ3) is 5.47. The number of alkyl halides is 1. The van der Waals surface area contributed by atoms with Crippen LogP contribution in [0.1, 0.15) is 55.8 Å². The number of carbonyl (C=O) groups excluding carboxylic acids is 2. The first-order valence-corrected chi connectivity index (χ1v) is 12.0. The summed E-state index contributed by atoms with van der Waals surface area (Å²) < 4.78 is 19.6. The van der Waals surface area contributed by atoms with Gasteiger partial charge < -0.3 is 15.0 Å². The Hall–Kier alpha value is -2.77. The number of ether oxygens (including phenoxy) is 1. The van der Waals surface area contributed by atoms with Crippen LogP contribution in [0.5, 0.6) is 0 Å². The summed E-state index contributed by atoms with van der Waals surface area (Å²) in [6.07, 6.45) is -1.21. The molecule has 2 aliphatic heterocycles. The summed E-state index contributed by atoms with van der Waals surface area (Å²) in [4.78, 5) is 27.7. The summed E-state index contributed by atoms with van der Waals surface area (Å²) >= 11 is 0. The van der Waals surface area contributed by atoms with Gasteiger partial charge in [0.2, 0.25) is 11.8 Å². The summed E-state index contributed by atoms with van der Waals surface area (Å²) in [5, 5.41) is 6.28. The molecule has 0 unspecified atom stereocenters. The molecule has 2 saturated heterocycles. The predicted octanol–water partition coefficient (Wildman–Crippen LogP) is 3.33. The van der Waals surface area contributed by atoms with E-state index in [1.165, 1.54) is 10.5 Å². The fourth-order valence-electron chi connectivity index (χ4n) is 4.53. The highest BCUT2D eigenvalue weighted by molar-refractivity contribution is 5.89. The summed E-state index contributed by atoms with van der Waals surface area (Å²) in [6.45, 7) is 7.30. The first-order chi connectivity index (χ1) is 16.3. The van der Waals surface area contributed by atoms with Crippen molar-refractivity contribution in [2.24, 2.45) is 0 Å². The highest BCUT2D eigenvalue weighted by atomic mass is 19.1. The van der Waals surface area contributed by atoms with E-state index in [-0.39, 0.29) is 36.9 Å². The van der Waals surface area contributed by atoms with Gasteiger partial charge in [-0.3, -0.25) is 14.9 Å². The van der Waals surface area contributed by atoms with Crippen molar-refractivity contribution in [3.8, 4) is 0 Å². The molecule has 0 aromatic heterocycles. The second-order valence-electron chi connectivity index (χ2n) is 9.98. The van der Waals surface area contributed by atoms with Gasteiger partial charge in [-0.15, -0.1) is 0 Å². The second kappa shape index (κ2) is 10.2. The van der Waals surface area contributed by atoms with E-state index in [0.29, 0.717) is 19.1 Å². The van der Waals surface area contributed by atoms with Gasteiger partial charge >= 0.3 is 0 Å².